The molecule has 2 rings (SSSR count). The number of amides is 1. The summed E-state index contributed by atoms with van der Waals surface area (Å²) in [5.74, 6) is -1.16. The van der Waals surface area contributed by atoms with Gasteiger partial charge < -0.3 is 10.1 Å². The quantitative estimate of drug-likeness (QED) is 0.623. The molecule has 168 valence electrons. The molecule has 0 fully saturated rings. The van der Waals surface area contributed by atoms with E-state index in [-0.39, 0.29) is 15.9 Å². The van der Waals surface area contributed by atoms with Gasteiger partial charge in [0.05, 0.1) is 10.5 Å². The normalized spacial score (nSPS) is 11.9. The lowest BCUT2D eigenvalue weighted by Gasteiger charge is -2.19. The molecule has 1 amide bonds. The van der Waals surface area contributed by atoms with Crippen LogP contribution in [0.15, 0.2) is 53.4 Å². The van der Waals surface area contributed by atoms with Gasteiger partial charge in [-0.1, -0.05) is 46.8 Å². The second-order valence-electron chi connectivity index (χ2n) is 8.07. The summed E-state index contributed by atoms with van der Waals surface area (Å²) in [7, 11) is -3.60. The number of rotatable bonds is 8. The van der Waals surface area contributed by atoms with E-state index in [0.717, 1.165) is 5.56 Å². The molecule has 0 atom stereocenters. The number of benzene rings is 2. The first kappa shape index (κ1) is 24.6. The third-order valence-electron chi connectivity index (χ3n) is 4.80. The molecular weight excluding hydrogens is 416 g/mol. The minimum Gasteiger partial charge on any atom is -0.452 e. The Morgan fingerprint density at radius 3 is 1.97 bits per heavy atom. The van der Waals surface area contributed by atoms with Crippen molar-refractivity contribution in [2.45, 2.75) is 44.9 Å². The SMILES string of the molecule is CCN(CC)S(=O)(=O)c1ccc(C(=O)OCC(=O)Nc2ccc(C(C)(C)C)cc2)cc1. The van der Waals surface area contributed by atoms with Crippen molar-refractivity contribution < 1.29 is 22.7 Å². The number of sulfonamides is 1. The molecule has 0 saturated carbocycles. The summed E-state index contributed by atoms with van der Waals surface area (Å²) < 4.78 is 31.4. The molecule has 8 heteroatoms. The highest BCUT2D eigenvalue weighted by atomic mass is 32.2. The Morgan fingerprint density at radius 2 is 1.48 bits per heavy atom. The Bertz CT molecular complexity index is 1000. The second kappa shape index (κ2) is 10.1. The minimum absolute atomic E-state index is 0.0122. The van der Waals surface area contributed by atoms with Crippen LogP contribution in [0.25, 0.3) is 0 Å². The number of esters is 1. The monoisotopic (exact) mass is 446 g/mol. The van der Waals surface area contributed by atoms with Crippen LogP contribution < -0.4 is 5.32 Å². The van der Waals surface area contributed by atoms with E-state index in [2.05, 4.69) is 26.1 Å². The van der Waals surface area contributed by atoms with Crippen molar-refractivity contribution in [3.8, 4) is 0 Å². The van der Waals surface area contributed by atoms with Gasteiger partial charge in [-0.2, -0.15) is 4.31 Å². The molecule has 0 aliphatic rings. The van der Waals surface area contributed by atoms with Gasteiger partial charge in [0, 0.05) is 18.8 Å². The molecule has 2 aromatic carbocycles. The fraction of sp³-hybridized carbons (Fsp3) is 0.391. The van der Waals surface area contributed by atoms with E-state index >= 15 is 0 Å². The summed E-state index contributed by atoms with van der Waals surface area (Å²) in [6.07, 6.45) is 0. The molecule has 1 N–H and O–H groups in total. The maximum Gasteiger partial charge on any atom is 0.338 e. The van der Waals surface area contributed by atoms with Crippen molar-refractivity contribution in [1.82, 2.24) is 4.31 Å². The number of hydrogen-bond acceptors (Lipinski definition) is 5. The molecule has 0 unspecified atom stereocenters. The van der Waals surface area contributed by atoms with Gasteiger partial charge >= 0.3 is 5.97 Å². The highest BCUT2D eigenvalue weighted by molar-refractivity contribution is 7.89. The first-order chi connectivity index (χ1) is 14.5. The topological polar surface area (TPSA) is 92.8 Å². The van der Waals surface area contributed by atoms with Gasteiger partial charge in [-0.25, -0.2) is 13.2 Å². The summed E-state index contributed by atoms with van der Waals surface area (Å²) in [6.45, 7) is 10.1. The summed E-state index contributed by atoms with van der Waals surface area (Å²) in [6, 6.07) is 13.0. The number of ether oxygens (including phenoxy) is 1. The van der Waals surface area contributed by atoms with Crippen molar-refractivity contribution >= 4 is 27.6 Å². The molecule has 0 spiro atoms. The third-order valence-corrected chi connectivity index (χ3v) is 6.87. The van der Waals surface area contributed by atoms with Crippen LogP contribution >= 0.6 is 0 Å². The third kappa shape index (κ3) is 6.38. The summed E-state index contributed by atoms with van der Waals surface area (Å²) >= 11 is 0. The zero-order valence-corrected chi connectivity index (χ0v) is 19.5. The summed E-state index contributed by atoms with van der Waals surface area (Å²) in [4.78, 5) is 24.4. The zero-order chi connectivity index (χ0) is 23.2. The van der Waals surface area contributed by atoms with Crippen LogP contribution in [0.5, 0.6) is 0 Å². The Labute approximate surface area is 184 Å². The highest BCUT2D eigenvalue weighted by Crippen LogP contribution is 2.23. The highest BCUT2D eigenvalue weighted by Gasteiger charge is 2.22. The van der Waals surface area contributed by atoms with Crippen molar-refractivity contribution in [2.75, 3.05) is 25.0 Å². The second-order valence-corrected chi connectivity index (χ2v) is 10.0. The van der Waals surface area contributed by atoms with E-state index in [1.165, 1.54) is 28.6 Å². The summed E-state index contributed by atoms with van der Waals surface area (Å²) in [5.41, 5.74) is 1.93. The molecule has 0 saturated heterocycles. The van der Waals surface area contributed by atoms with Crippen molar-refractivity contribution in [3.63, 3.8) is 0 Å². The van der Waals surface area contributed by atoms with Gasteiger partial charge in [0.1, 0.15) is 0 Å². The number of hydrogen-bond donors (Lipinski definition) is 1. The maximum atomic E-state index is 12.5. The summed E-state index contributed by atoms with van der Waals surface area (Å²) in [5, 5.41) is 2.68. The van der Waals surface area contributed by atoms with E-state index in [4.69, 9.17) is 4.74 Å². The average molecular weight is 447 g/mol. The van der Waals surface area contributed by atoms with Gasteiger partial charge in [-0.05, 0) is 47.4 Å². The average Bonchev–Trinajstić information content (AvgIpc) is 2.72. The predicted molar refractivity (Wildman–Crippen MR) is 121 cm³/mol. The van der Waals surface area contributed by atoms with Crippen molar-refractivity contribution in [1.29, 1.82) is 0 Å². The Hall–Kier alpha value is -2.71. The fourth-order valence-electron chi connectivity index (χ4n) is 2.94. The van der Waals surface area contributed by atoms with Crippen LogP contribution in [0.3, 0.4) is 0 Å². The number of anilines is 1. The standard InChI is InChI=1S/C23H30N2O5S/c1-6-25(7-2)31(28,29)20-14-8-17(9-15-20)22(27)30-16-21(26)24-19-12-10-18(11-13-19)23(3,4)5/h8-15H,6-7,16H2,1-5H3,(H,24,26). The Morgan fingerprint density at radius 1 is 0.935 bits per heavy atom. The lowest BCUT2D eigenvalue weighted by atomic mass is 9.87. The van der Waals surface area contributed by atoms with Crippen LogP contribution in [0.4, 0.5) is 5.69 Å². The molecule has 0 bridgehead atoms. The largest absolute Gasteiger partial charge is 0.452 e. The predicted octanol–water partition coefficient (Wildman–Crippen LogP) is 3.81. The van der Waals surface area contributed by atoms with Crippen LogP contribution in [0.2, 0.25) is 0 Å². The zero-order valence-electron chi connectivity index (χ0n) is 18.6. The minimum atomic E-state index is -3.60. The van der Waals surface area contributed by atoms with Crippen LogP contribution in [0.1, 0.15) is 50.5 Å². The Kier molecular flexibility index (Phi) is 7.97. The lowest BCUT2D eigenvalue weighted by Crippen LogP contribution is -2.30. The van der Waals surface area contributed by atoms with Crippen molar-refractivity contribution in [3.05, 3.63) is 59.7 Å². The number of nitrogens with one attached hydrogen (secondary N) is 1. The van der Waals surface area contributed by atoms with Crippen LogP contribution in [0, 0.1) is 0 Å². The number of carbonyl (C=O) groups is 2. The van der Waals surface area contributed by atoms with E-state index in [9.17, 15) is 18.0 Å². The smallest absolute Gasteiger partial charge is 0.338 e. The van der Waals surface area contributed by atoms with E-state index in [0.29, 0.717) is 18.8 Å². The molecule has 0 aliphatic heterocycles. The Balaban J connectivity index is 1.94. The molecule has 0 heterocycles. The number of carbonyl (C=O) groups excluding carboxylic acids is 2. The van der Waals surface area contributed by atoms with E-state index in [1.54, 1.807) is 26.0 Å². The molecule has 0 radical (unpaired) electrons. The first-order valence-corrected chi connectivity index (χ1v) is 11.6. The van der Waals surface area contributed by atoms with Gasteiger partial charge in [0.15, 0.2) is 6.61 Å². The molecule has 0 aliphatic carbocycles. The van der Waals surface area contributed by atoms with Gasteiger partial charge in [0.2, 0.25) is 10.0 Å². The molecular formula is C23H30N2O5S. The van der Waals surface area contributed by atoms with E-state index < -0.39 is 28.5 Å². The number of nitrogens with zero attached hydrogens (tertiary/aromatic N) is 1. The fourth-order valence-corrected chi connectivity index (χ4v) is 4.40. The molecule has 7 nitrogen and oxygen atoms in total. The molecule has 2 aromatic rings. The van der Waals surface area contributed by atoms with Gasteiger partial charge in [-0.3, -0.25) is 4.79 Å². The van der Waals surface area contributed by atoms with E-state index in [1.807, 2.05) is 12.1 Å². The lowest BCUT2D eigenvalue weighted by molar-refractivity contribution is -0.119. The molecule has 31 heavy (non-hydrogen) atoms. The first-order valence-electron chi connectivity index (χ1n) is 10.2. The van der Waals surface area contributed by atoms with Crippen LogP contribution in [-0.2, 0) is 25.0 Å². The van der Waals surface area contributed by atoms with Gasteiger partial charge in [-0.15, -0.1) is 0 Å². The molecule has 0 aromatic heterocycles. The maximum absolute atomic E-state index is 12.5. The van der Waals surface area contributed by atoms with Crippen molar-refractivity contribution in [2.24, 2.45) is 0 Å². The van der Waals surface area contributed by atoms with Gasteiger partial charge in [0.25, 0.3) is 5.91 Å². The van der Waals surface area contributed by atoms with Crippen LogP contribution in [-0.4, -0.2) is 44.3 Å².